The van der Waals surface area contributed by atoms with Crippen molar-refractivity contribution in [1.82, 2.24) is 4.98 Å². The van der Waals surface area contributed by atoms with E-state index >= 15 is 0 Å². The Kier molecular flexibility index (Phi) is 3.19. The molecule has 1 aromatic carbocycles. The van der Waals surface area contributed by atoms with Crippen molar-refractivity contribution in [3.63, 3.8) is 0 Å². The lowest BCUT2D eigenvalue weighted by atomic mass is 10.3. The summed E-state index contributed by atoms with van der Waals surface area (Å²) in [5, 5.41) is 0. The fraction of sp³-hybridized carbons (Fsp3) is 0.0833. The molecule has 0 amide bonds. The topological polar surface area (TPSA) is 22.1 Å². The molecule has 0 saturated heterocycles. The molecule has 16 heavy (non-hydrogen) atoms. The summed E-state index contributed by atoms with van der Waals surface area (Å²) in [6.07, 6.45) is 0. The average Bonchev–Trinajstić information content (AvgIpc) is 2.24. The minimum atomic E-state index is -0.327. The van der Waals surface area contributed by atoms with Gasteiger partial charge in [0.25, 0.3) is 0 Å². The molecular formula is C12H9BrFNO. The molecule has 0 fully saturated rings. The molecular weight excluding hydrogens is 273 g/mol. The van der Waals surface area contributed by atoms with Gasteiger partial charge in [-0.3, -0.25) is 0 Å². The van der Waals surface area contributed by atoms with Gasteiger partial charge >= 0.3 is 0 Å². The summed E-state index contributed by atoms with van der Waals surface area (Å²) in [4.78, 5) is 4.21. The number of nitrogens with zero attached hydrogens (tertiary/aromatic N) is 1. The van der Waals surface area contributed by atoms with Crippen LogP contribution in [0.3, 0.4) is 0 Å². The summed E-state index contributed by atoms with van der Waals surface area (Å²) < 4.78 is 19.2. The molecule has 0 spiro atoms. The van der Waals surface area contributed by atoms with Gasteiger partial charge in [-0.2, -0.15) is 0 Å². The highest BCUT2D eigenvalue weighted by molar-refractivity contribution is 9.10. The van der Waals surface area contributed by atoms with Gasteiger partial charge in [-0.05, 0) is 41.1 Å². The monoisotopic (exact) mass is 281 g/mol. The van der Waals surface area contributed by atoms with Crippen LogP contribution in [0.25, 0.3) is 0 Å². The minimum Gasteiger partial charge on any atom is -0.439 e. The van der Waals surface area contributed by atoms with Gasteiger partial charge in [-0.25, -0.2) is 9.37 Å². The van der Waals surface area contributed by atoms with Crippen LogP contribution in [-0.2, 0) is 0 Å². The summed E-state index contributed by atoms with van der Waals surface area (Å²) in [7, 11) is 0. The first-order valence-electron chi connectivity index (χ1n) is 4.72. The van der Waals surface area contributed by atoms with Gasteiger partial charge in [0.2, 0.25) is 5.88 Å². The highest BCUT2D eigenvalue weighted by atomic mass is 79.9. The van der Waals surface area contributed by atoms with Gasteiger partial charge < -0.3 is 4.74 Å². The summed E-state index contributed by atoms with van der Waals surface area (Å²) >= 11 is 3.35. The molecule has 0 radical (unpaired) electrons. The molecule has 2 nitrogen and oxygen atoms in total. The number of aryl methyl sites for hydroxylation is 1. The fourth-order valence-corrected chi connectivity index (χ4v) is 1.45. The Morgan fingerprint density at radius 2 is 2.06 bits per heavy atom. The highest BCUT2D eigenvalue weighted by Crippen LogP contribution is 2.23. The third-order valence-corrected chi connectivity index (χ3v) is 2.85. The Bertz CT molecular complexity index is 516. The molecule has 2 aromatic rings. The van der Waals surface area contributed by atoms with E-state index in [2.05, 4.69) is 20.9 Å². The Labute approximate surface area is 101 Å². The summed E-state index contributed by atoms with van der Waals surface area (Å²) in [5.41, 5.74) is 0.828. The van der Waals surface area contributed by atoms with Crippen molar-refractivity contribution in [2.24, 2.45) is 0 Å². The second-order valence-electron chi connectivity index (χ2n) is 3.28. The zero-order valence-electron chi connectivity index (χ0n) is 8.58. The molecule has 1 heterocycles. The van der Waals surface area contributed by atoms with Crippen LogP contribution in [0.1, 0.15) is 5.69 Å². The van der Waals surface area contributed by atoms with E-state index in [0.29, 0.717) is 11.6 Å². The SMILES string of the molecule is Cc1nc(Oc2cccc(F)c2)ccc1Br. The normalized spacial score (nSPS) is 10.2. The van der Waals surface area contributed by atoms with Crippen molar-refractivity contribution in [2.75, 3.05) is 0 Å². The van der Waals surface area contributed by atoms with Gasteiger partial charge in [0.15, 0.2) is 0 Å². The third kappa shape index (κ3) is 2.58. The van der Waals surface area contributed by atoms with Crippen LogP contribution in [0.2, 0.25) is 0 Å². The second-order valence-corrected chi connectivity index (χ2v) is 4.13. The standard InChI is InChI=1S/C12H9BrFNO/c1-8-11(13)5-6-12(15-8)16-10-4-2-3-9(14)7-10/h2-7H,1H3. The van der Waals surface area contributed by atoms with E-state index < -0.39 is 0 Å². The maximum atomic E-state index is 12.9. The first kappa shape index (κ1) is 11.1. The smallest absolute Gasteiger partial charge is 0.219 e. The van der Waals surface area contributed by atoms with Gasteiger partial charge in [-0.15, -0.1) is 0 Å². The van der Waals surface area contributed by atoms with E-state index in [1.165, 1.54) is 12.1 Å². The van der Waals surface area contributed by atoms with E-state index in [-0.39, 0.29) is 5.82 Å². The molecule has 0 saturated carbocycles. The average molecular weight is 282 g/mol. The van der Waals surface area contributed by atoms with Gasteiger partial charge in [0.05, 0.1) is 5.69 Å². The number of hydrogen-bond acceptors (Lipinski definition) is 2. The largest absolute Gasteiger partial charge is 0.439 e. The minimum absolute atomic E-state index is 0.327. The van der Waals surface area contributed by atoms with Crippen LogP contribution in [0.15, 0.2) is 40.9 Å². The molecule has 1 aromatic heterocycles. The number of ether oxygens (including phenoxy) is 1. The molecule has 0 aliphatic rings. The zero-order chi connectivity index (χ0) is 11.5. The first-order chi connectivity index (χ1) is 7.65. The number of halogens is 2. The molecule has 0 atom stereocenters. The Morgan fingerprint density at radius 3 is 2.75 bits per heavy atom. The lowest BCUT2D eigenvalue weighted by molar-refractivity contribution is 0.456. The third-order valence-electron chi connectivity index (χ3n) is 2.01. The molecule has 2 rings (SSSR count). The molecule has 0 aliphatic carbocycles. The fourth-order valence-electron chi connectivity index (χ4n) is 1.23. The Balaban J connectivity index is 2.24. The van der Waals surface area contributed by atoms with E-state index in [1.807, 2.05) is 13.0 Å². The van der Waals surface area contributed by atoms with Gasteiger partial charge in [0, 0.05) is 16.6 Å². The summed E-state index contributed by atoms with van der Waals surface area (Å²) in [6, 6.07) is 9.53. The van der Waals surface area contributed by atoms with E-state index in [4.69, 9.17) is 4.74 Å². The number of pyridine rings is 1. The molecule has 0 aliphatic heterocycles. The highest BCUT2D eigenvalue weighted by Gasteiger charge is 2.02. The Hall–Kier alpha value is -1.42. The van der Waals surface area contributed by atoms with Crippen molar-refractivity contribution in [3.05, 3.63) is 52.4 Å². The van der Waals surface area contributed by atoms with Gasteiger partial charge in [0.1, 0.15) is 11.6 Å². The predicted octanol–water partition coefficient (Wildman–Crippen LogP) is 4.08. The molecule has 4 heteroatoms. The summed E-state index contributed by atoms with van der Waals surface area (Å²) in [6.45, 7) is 1.86. The van der Waals surface area contributed by atoms with Crippen molar-refractivity contribution >= 4 is 15.9 Å². The van der Waals surface area contributed by atoms with E-state index in [9.17, 15) is 4.39 Å². The lowest BCUT2D eigenvalue weighted by Gasteiger charge is -2.05. The predicted molar refractivity (Wildman–Crippen MR) is 63.1 cm³/mol. The first-order valence-corrected chi connectivity index (χ1v) is 5.51. The number of rotatable bonds is 2. The number of benzene rings is 1. The van der Waals surface area contributed by atoms with E-state index in [0.717, 1.165) is 10.2 Å². The second kappa shape index (κ2) is 4.61. The van der Waals surface area contributed by atoms with Crippen molar-refractivity contribution in [3.8, 4) is 11.6 Å². The van der Waals surface area contributed by atoms with Crippen molar-refractivity contribution < 1.29 is 9.13 Å². The summed E-state index contributed by atoms with van der Waals surface area (Å²) in [5.74, 6) is 0.562. The van der Waals surface area contributed by atoms with Crippen LogP contribution < -0.4 is 4.74 Å². The zero-order valence-corrected chi connectivity index (χ0v) is 10.2. The Morgan fingerprint density at radius 1 is 1.25 bits per heavy atom. The van der Waals surface area contributed by atoms with Crippen LogP contribution in [0.5, 0.6) is 11.6 Å². The molecule has 0 N–H and O–H groups in total. The van der Waals surface area contributed by atoms with Crippen molar-refractivity contribution in [2.45, 2.75) is 6.92 Å². The molecule has 82 valence electrons. The number of aromatic nitrogens is 1. The van der Waals surface area contributed by atoms with Crippen LogP contribution in [0, 0.1) is 12.7 Å². The van der Waals surface area contributed by atoms with Gasteiger partial charge in [-0.1, -0.05) is 6.07 Å². The molecule has 0 unspecified atom stereocenters. The van der Waals surface area contributed by atoms with Crippen LogP contribution in [0.4, 0.5) is 4.39 Å². The van der Waals surface area contributed by atoms with Crippen molar-refractivity contribution in [1.29, 1.82) is 0 Å². The quantitative estimate of drug-likeness (QED) is 0.827. The lowest BCUT2D eigenvalue weighted by Crippen LogP contribution is -1.90. The maximum absolute atomic E-state index is 12.9. The number of hydrogen-bond donors (Lipinski definition) is 0. The van der Waals surface area contributed by atoms with Crippen LogP contribution in [-0.4, -0.2) is 4.98 Å². The van der Waals surface area contributed by atoms with E-state index in [1.54, 1.807) is 18.2 Å². The van der Waals surface area contributed by atoms with Crippen LogP contribution >= 0.6 is 15.9 Å². The maximum Gasteiger partial charge on any atom is 0.219 e. The molecule has 0 bridgehead atoms.